The van der Waals surface area contributed by atoms with Gasteiger partial charge in [-0.1, -0.05) is 27.2 Å². The van der Waals surface area contributed by atoms with Crippen LogP contribution in [0, 0.1) is 17.8 Å². The summed E-state index contributed by atoms with van der Waals surface area (Å²) in [6.07, 6.45) is 2.62. The molecule has 1 aliphatic heterocycles. The van der Waals surface area contributed by atoms with Gasteiger partial charge >= 0.3 is 11.9 Å². The third kappa shape index (κ3) is 6.24. The normalized spacial score (nSPS) is 24.4. The Bertz CT molecular complexity index is 955. The van der Waals surface area contributed by atoms with Gasteiger partial charge in [0.2, 0.25) is 10.0 Å². The molecule has 1 aromatic carbocycles. The first-order valence-electron chi connectivity index (χ1n) is 11.4. The van der Waals surface area contributed by atoms with Crippen LogP contribution in [0.2, 0.25) is 0 Å². The molecule has 2 aliphatic rings. The number of benzene rings is 1. The highest BCUT2D eigenvalue weighted by Gasteiger charge is 2.34. The van der Waals surface area contributed by atoms with Crippen molar-refractivity contribution in [1.29, 1.82) is 0 Å². The lowest BCUT2D eigenvalue weighted by atomic mass is 9.75. The zero-order valence-electron chi connectivity index (χ0n) is 19.4. The number of rotatable bonds is 7. The van der Waals surface area contributed by atoms with Crippen molar-refractivity contribution in [2.45, 2.75) is 51.0 Å². The van der Waals surface area contributed by atoms with Crippen molar-refractivity contribution in [2.75, 3.05) is 32.9 Å². The summed E-state index contributed by atoms with van der Waals surface area (Å²) in [5.74, 6) is -1.02. The molecule has 10 heteroatoms. The molecule has 33 heavy (non-hydrogen) atoms. The minimum absolute atomic E-state index is 0.146. The third-order valence-corrected chi connectivity index (χ3v) is 8.26. The number of esters is 2. The van der Waals surface area contributed by atoms with Crippen LogP contribution in [-0.2, 0) is 29.0 Å². The zero-order valence-corrected chi connectivity index (χ0v) is 20.2. The topological polar surface area (TPSA) is 119 Å². The van der Waals surface area contributed by atoms with Gasteiger partial charge in [0.15, 0.2) is 6.61 Å². The Morgan fingerprint density at radius 1 is 1.21 bits per heavy atom. The smallest absolute Gasteiger partial charge is 0.344 e. The number of phenols is 1. The quantitative estimate of drug-likeness (QED) is 0.588. The number of hydrogen-bond acceptors (Lipinski definition) is 8. The Kier molecular flexibility index (Phi) is 8.36. The average Bonchev–Trinajstić information content (AvgIpc) is 2.78. The molecule has 0 radical (unpaired) electrons. The first-order chi connectivity index (χ1) is 15.6. The summed E-state index contributed by atoms with van der Waals surface area (Å²) in [6.45, 7) is 6.67. The van der Waals surface area contributed by atoms with Crippen molar-refractivity contribution in [1.82, 2.24) is 4.31 Å². The molecule has 0 amide bonds. The van der Waals surface area contributed by atoms with E-state index in [0.717, 1.165) is 31.4 Å². The lowest BCUT2D eigenvalue weighted by Gasteiger charge is -2.36. The Labute approximate surface area is 195 Å². The summed E-state index contributed by atoms with van der Waals surface area (Å²) in [5, 5.41) is 10.1. The Morgan fingerprint density at radius 2 is 1.91 bits per heavy atom. The fraction of sp³-hybridized carbons (Fsp3) is 0.652. The van der Waals surface area contributed by atoms with Crippen molar-refractivity contribution in [3.8, 4) is 5.75 Å². The van der Waals surface area contributed by atoms with E-state index in [1.807, 2.05) is 0 Å². The summed E-state index contributed by atoms with van der Waals surface area (Å²) in [7, 11) is -3.86. The van der Waals surface area contributed by atoms with Crippen molar-refractivity contribution >= 4 is 22.0 Å². The van der Waals surface area contributed by atoms with Crippen LogP contribution < -0.4 is 0 Å². The zero-order chi connectivity index (χ0) is 24.2. The van der Waals surface area contributed by atoms with Gasteiger partial charge in [-0.3, -0.25) is 0 Å². The van der Waals surface area contributed by atoms with Crippen LogP contribution >= 0.6 is 0 Å². The number of nitrogens with zero attached hydrogens (tertiary/aromatic N) is 1. The number of carbonyl (C=O) groups excluding carboxylic acids is 2. The Hall–Kier alpha value is -2.17. The van der Waals surface area contributed by atoms with Crippen molar-refractivity contribution in [3.05, 3.63) is 23.8 Å². The molecule has 1 heterocycles. The van der Waals surface area contributed by atoms with Crippen LogP contribution in [0.1, 0.15) is 50.4 Å². The van der Waals surface area contributed by atoms with E-state index in [-0.39, 0.29) is 48.8 Å². The lowest BCUT2D eigenvalue weighted by Crippen LogP contribution is -2.40. The fourth-order valence-electron chi connectivity index (χ4n) is 4.43. The second kappa shape index (κ2) is 10.8. The molecule has 0 aromatic heterocycles. The molecule has 1 saturated carbocycles. The minimum atomic E-state index is -3.86. The molecule has 9 nitrogen and oxygen atoms in total. The van der Waals surface area contributed by atoms with Gasteiger partial charge in [-0.05, 0) is 48.8 Å². The van der Waals surface area contributed by atoms with Crippen LogP contribution in [0.4, 0.5) is 0 Å². The van der Waals surface area contributed by atoms with Gasteiger partial charge < -0.3 is 19.3 Å². The summed E-state index contributed by atoms with van der Waals surface area (Å²) in [6, 6.07) is 3.41. The number of aromatic hydroxyl groups is 1. The van der Waals surface area contributed by atoms with Gasteiger partial charge in [-0.25, -0.2) is 18.0 Å². The molecular formula is C23H33NO8S. The highest BCUT2D eigenvalue weighted by atomic mass is 32.2. The number of hydrogen-bond donors (Lipinski definition) is 1. The van der Waals surface area contributed by atoms with Crippen LogP contribution in [0.15, 0.2) is 23.1 Å². The number of morpholine rings is 1. The molecule has 0 bridgehead atoms. The molecule has 184 valence electrons. The molecule has 0 unspecified atom stereocenters. The fourth-order valence-corrected chi connectivity index (χ4v) is 5.87. The monoisotopic (exact) mass is 483 g/mol. The highest BCUT2D eigenvalue weighted by molar-refractivity contribution is 7.89. The number of carbonyl (C=O) groups is 2. The highest BCUT2D eigenvalue weighted by Crippen LogP contribution is 2.35. The second-order valence-electron chi connectivity index (χ2n) is 9.13. The Balaban J connectivity index is 1.64. The molecule has 1 aromatic rings. The largest absolute Gasteiger partial charge is 0.507 e. The van der Waals surface area contributed by atoms with Gasteiger partial charge in [-0.2, -0.15) is 4.31 Å². The van der Waals surface area contributed by atoms with E-state index in [1.54, 1.807) is 0 Å². The van der Waals surface area contributed by atoms with Crippen LogP contribution in [0.5, 0.6) is 5.75 Å². The van der Waals surface area contributed by atoms with Gasteiger partial charge in [-0.15, -0.1) is 0 Å². The molecule has 1 saturated heterocycles. The van der Waals surface area contributed by atoms with E-state index in [0.29, 0.717) is 11.8 Å². The van der Waals surface area contributed by atoms with E-state index in [4.69, 9.17) is 14.2 Å². The van der Waals surface area contributed by atoms with Crippen molar-refractivity contribution < 1.29 is 37.3 Å². The molecule has 2 fully saturated rings. The maximum absolute atomic E-state index is 12.8. The van der Waals surface area contributed by atoms with Crippen LogP contribution in [0.3, 0.4) is 0 Å². The first-order valence-corrected chi connectivity index (χ1v) is 12.8. The molecule has 3 rings (SSSR count). The number of phenolic OH excluding ortho intramolecular Hbond substituents is 1. The van der Waals surface area contributed by atoms with E-state index < -0.39 is 34.3 Å². The molecule has 3 atom stereocenters. The second-order valence-corrected chi connectivity index (χ2v) is 11.1. The number of ether oxygens (including phenoxy) is 3. The lowest BCUT2D eigenvalue weighted by molar-refractivity contribution is -0.159. The average molecular weight is 484 g/mol. The standard InChI is InChI=1S/C23H33NO8S/c1-15(2)18-6-4-16(3)12-21(18)32-22(26)14-31-23(27)19-13-17(5-7-20(19)25)33(28,29)24-8-10-30-11-9-24/h5,7,13,15-16,18,21,25H,4,6,8-12,14H2,1-3H3/t16-,18-,21+/m1/s1. The Morgan fingerprint density at radius 3 is 2.58 bits per heavy atom. The van der Waals surface area contributed by atoms with Crippen molar-refractivity contribution in [3.63, 3.8) is 0 Å². The predicted molar refractivity (Wildman–Crippen MR) is 119 cm³/mol. The van der Waals surface area contributed by atoms with Gasteiger partial charge in [0, 0.05) is 13.1 Å². The van der Waals surface area contributed by atoms with Gasteiger partial charge in [0.05, 0.1) is 18.1 Å². The molecule has 0 spiro atoms. The molecule has 1 N–H and O–H groups in total. The predicted octanol–water partition coefficient (Wildman–Crippen LogP) is 2.57. The molecular weight excluding hydrogens is 450 g/mol. The van der Waals surface area contributed by atoms with Gasteiger partial charge in [0.1, 0.15) is 17.4 Å². The summed E-state index contributed by atoms with van der Waals surface area (Å²) < 4.78 is 42.8. The van der Waals surface area contributed by atoms with E-state index >= 15 is 0 Å². The SMILES string of the molecule is CC(C)[C@H]1CC[C@@H](C)C[C@@H]1OC(=O)COC(=O)c1cc(S(=O)(=O)N2CCOCC2)ccc1O. The first kappa shape index (κ1) is 25.5. The summed E-state index contributed by atoms with van der Waals surface area (Å²) in [4.78, 5) is 24.7. The van der Waals surface area contributed by atoms with E-state index in [9.17, 15) is 23.1 Å². The van der Waals surface area contributed by atoms with E-state index in [1.165, 1.54) is 10.4 Å². The summed E-state index contributed by atoms with van der Waals surface area (Å²) in [5.41, 5.74) is -0.330. The van der Waals surface area contributed by atoms with Crippen LogP contribution in [0.25, 0.3) is 0 Å². The van der Waals surface area contributed by atoms with E-state index in [2.05, 4.69) is 20.8 Å². The minimum Gasteiger partial charge on any atom is -0.507 e. The van der Waals surface area contributed by atoms with Gasteiger partial charge in [0.25, 0.3) is 0 Å². The summed E-state index contributed by atoms with van der Waals surface area (Å²) >= 11 is 0. The molecule has 1 aliphatic carbocycles. The van der Waals surface area contributed by atoms with Crippen molar-refractivity contribution in [2.24, 2.45) is 17.8 Å². The maximum atomic E-state index is 12.8. The maximum Gasteiger partial charge on any atom is 0.344 e. The third-order valence-electron chi connectivity index (χ3n) is 6.36. The number of sulfonamides is 1. The van der Waals surface area contributed by atoms with Crippen LogP contribution in [-0.4, -0.2) is 68.8 Å².